The predicted octanol–water partition coefficient (Wildman–Crippen LogP) is 2.72. The Morgan fingerprint density at radius 2 is 1.86 bits per heavy atom. The monoisotopic (exact) mass is 492 g/mol. The summed E-state index contributed by atoms with van der Waals surface area (Å²) in [6.07, 6.45) is 4.22. The Morgan fingerprint density at radius 3 is 2.67 bits per heavy atom. The Morgan fingerprint density at radius 1 is 1.00 bits per heavy atom. The van der Waals surface area contributed by atoms with Gasteiger partial charge in [-0.1, -0.05) is 36.4 Å². The van der Waals surface area contributed by atoms with E-state index in [9.17, 15) is 14.4 Å². The van der Waals surface area contributed by atoms with Crippen molar-refractivity contribution in [3.05, 3.63) is 65.2 Å². The fourth-order valence-corrected chi connectivity index (χ4v) is 4.63. The zero-order valence-electron chi connectivity index (χ0n) is 20.8. The van der Waals surface area contributed by atoms with E-state index < -0.39 is 0 Å². The second kappa shape index (κ2) is 13.1. The van der Waals surface area contributed by atoms with Gasteiger partial charge in [-0.3, -0.25) is 19.3 Å². The average molecular weight is 493 g/mol. The fourth-order valence-electron chi connectivity index (χ4n) is 4.63. The van der Waals surface area contributed by atoms with E-state index >= 15 is 0 Å². The number of nitrogens with one attached hydrogen (secondary N) is 2. The van der Waals surface area contributed by atoms with E-state index in [4.69, 9.17) is 4.74 Å². The van der Waals surface area contributed by atoms with Crippen LogP contribution in [0.1, 0.15) is 53.6 Å². The number of hydrogen-bond acceptors (Lipinski definition) is 5. The van der Waals surface area contributed by atoms with Crippen LogP contribution < -0.4 is 15.4 Å². The van der Waals surface area contributed by atoms with Crippen molar-refractivity contribution < 1.29 is 19.1 Å². The highest BCUT2D eigenvalue weighted by atomic mass is 16.5. The minimum Gasteiger partial charge on any atom is -0.493 e. The lowest BCUT2D eigenvalue weighted by atomic mass is 10.1. The second-order valence-corrected chi connectivity index (χ2v) is 9.45. The van der Waals surface area contributed by atoms with Gasteiger partial charge in [0.2, 0.25) is 11.8 Å². The summed E-state index contributed by atoms with van der Waals surface area (Å²) in [6, 6.07) is 15.6. The highest BCUT2D eigenvalue weighted by Gasteiger charge is 2.20. The van der Waals surface area contributed by atoms with Crippen molar-refractivity contribution in [3.8, 4) is 5.75 Å². The molecule has 0 aliphatic carbocycles. The molecule has 0 atom stereocenters. The number of amides is 3. The van der Waals surface area contributed by atoms with Crippen LogP contribution in [0, 0.1) is 0 Å². The van der Waals surface area contributed by atoms with Gasteiger partial charge in [0.25, 0.3) is 5.91 Å². The lowest BCUT2D eigenvalue weighted by Crippen LogP contribution is -2.37. The molecule has 2 heterocycles. The van der Waals surface area contributed by atoms with E-state index in [0.717, 1.165) is 43.4 Å². The molecule has 2 aliphatic heterocycles. The first-order valence-corrected chi connectivity index (χ1v) is 12.9. The van der Waals surface area contributed by atoms with Gasteiger partial charge in [-0.05, 0) is 43.4 Å². The molecule has 36 heavy (non-hydrogen) atoms. The van der Waals surface area contributed by atoms with Crippen LogP contribution in [0.3, 0.4) is 0 Å². The topological polar surface area (TPSA) is 91.0 Å². The quantitative estimate of drug-likeness (QED) is 0.647. The minimum absolute atomic E-state index is 0.0140. The van der Waals surface area contributed by atoms with Gasteiger partial charge in [-0.25, -0.2) is 0 Å². The summed E-state index contributed by atoms with van der Waals surface area (Å²) >= 11 is 0. The zero-order valence-corrected chi connectivity index (χ0v) is 20.8. The Balaban J connectivity index is 1.47. The van der Waals surface area contributed by atoms with Crippen LogP contribution >= 0.6 is 0 Å². The lowest BCUT2D eigenvalue weighted by Gasteiger charge is -2.23. The second-order valence-electron chi connectivity index (χ2n) is 9.45. The molecule has 8 heteroatoms. The maximum Gasteiger partial charge on any atom is 0.251 e. The molecule has 4 rings (SSSR count). The molecular weight excluding hydrogens is 456 g/mol. The molecule has 2 N–H and O–H groups in total. The van der Waals surface area contributed by atoms with Crippen molar-refractivity contribution in [1.82, 2.24) is 20.4 Å². The van der Waals surface area contributed by atoms with Crippen LogP contribution in [-0.4, -0.2) is 66.9 Å². The number of carbonyl (C=O) groups is 3. The maximum absolute atomic E-state index is 12.8. The number of hydrogen-bond donors (Lipinski definition) is 2. The number of benzene rings is 2. The molecule has 0 radical (unpaired) electrons. The van der Waals surface area contributed by atoms with E-state index in [0.29, 0.717) is 57.1 Å². The molecule has 8 nitrogen and oxygen atoms in total. The van der Waals surface area contributed by atoms with E-state index in [-0.39, 0.29) is 24.3 Å². The predicted molar refractivity (Wildman–Crippen MR) is 138 cm³/mol. The third-order valence-corrected chi connectivity index (χ3v) is 6.58. The number of nitrogens with zero attached hydrogens (tertiary/aromatic N) is 2. The molecule has 0 unspecified atom stereocenters. The number of carbonyl (C=O) groups excluding carboxylic acids is 3. The summed E-state index contributed by atoms with van der Waals surface area (Å²) in [6.45, 7) is 4.37. The number of ether oxygens (including phenoxy) is 1. The van der Waals surface area contributed by atoms with Crippen molar-refractivity contribution in [1.29, 1.82) is 0 Å². The third kappa shape index (κ3) is 7.55. The fraction of sp³-hybridized carbons (Fsp3) is 0.464. The van der Waals surface area contributed by atoms with Crippen LogP contribution in [0.5, 0.6) is 5.75 Å². The van der Waals surface area contributed by atoms with Gasteiger partial charge >= 0.3 is 0 Å². The van der Waals surface area contributed by atoms with Gasteiger partial charge < -0.3 is 20.3 Å². The standard InChI is InChI=1S/C28H36N4O4/c33-26-21-31(19-22-8-3-1-4-9-22)20-24-12-11-23(18-25(24)36-17-6-2-5-13-29-26)28(35)30-14-16-32-15-7-10-27(32)34/h1,3-4,8-9,11-12,18H,2,5-7,10,13-17,19-21H2,(H,29,33)(H,30,35). The maximum atomic E-state index is 12.8. The first-order valence-electron chi connectivity index (χ1n) is 12.9. The number of fused-ring (bicyclic) bond motifs is 1. The largest absolute Gasteiger partial charge is 0.493 e. The normalized spacial score (nSPS) is 17.7. The summed E-state index contributed by atoms with van der Waals surface area (Å²) < 4.78 is 6.15. The van der Waals surface area contributed by atoms with E-state index in [1.165, 1.54) is 0 Å². The third-order valence-electron chi connectivity index (χ3n) is 6.58. The van der Waals surface area contributed by atoms with Crippen molar-refractivity contribution in [2.75, 3.05) is 39.3 Å². The van der Waals surface area contributed by atoms with Gasteiger partial charge in [0.05, 0.1) is 13.2 Å². The van der Waals surface area contributed by atoms with Crippen molar-refractivity contribution in [3.63, 3.8) is 0 Å². The molecule has 0 aromatic heterocycles. The van der Waals surface area contributed by atoms with Crippen molar-refractivity contribution in [2.45, 2.75) is 45.2 Å². The molecule has 2 aliphatic rings. The van der Waals surface area contributed by atoms with Crippen molar-refractivity contribution >= 4 is 17.7 Å². The Bertz CT molecular complexity index is 1040. The van der Waals surface area contributed by atoms with Crippen LogP contribution in [0.2, 0.25) is 0 Å². The molecule has 2 aromatic carbocycles. The first kappa shape index (κ1) is 25.7. The number of likely N-dealkylation sites (tertiary alicyclic amines) is 1. The van der Waals surface area contributed by atoms with Gasteiger partial charge in [-0.15, -0.1) is 0 Å². The molecule has 2 aromatic rings. The van der Waals surface area contributed by atoms with E-state index in [1.807, 2.05) is 24.3 Å². The molecule has 0 bridgehead atoms. The molecule has 3 amide bonds. The first-order chi connectivity index (χ1) is 17.6. The summed E-state index contributed by atoms with van der Waals surface area (Å²) in [5, 5.41) is 5.95. The average Bonchev–Trinajstić information content (AvgIpc) is 3.29. The van der Waals surface area contributed by atoms with Crippen LogP contribution in [0.4, 0.5) is 0 Å². The smallest absolute Gasteiger partial charge is 0.251 e. The molecule has 1 saturated heterocycles. The van der Waals surface area contributed by atoms with E-state index in [1.54, 1.807) is 17.0 Å². The van der Waals surface area contributed by atoms with Crippen molar-refractivity contribution in [2.24, 2.45) is 0 Å². The number of rotatable bonds is 6. The Hall–Kier alpha value is -3.39. The molecule has 0 spiro atoms. The minimum atomic E-state index is -0.184. The van der Waals surface area contributed by atoms with Crippen LogP contribution in [0.25, 0.3) is 0 Å². The highest BCUT2D eigenvalue weighted by molar-refractivity contribution is 5.94. The highest BCUT2D eigenvalue weighted by Crippen LogP contribution is 2.24. The van der Waals surface area contributed by atoms with E-state index in [2.05, 4.69) is 27.7 Å². The van der Waals surface area contributed by atoms with Crippen LogP contribution in [-0.2, 0) is 22.7 Å². The zero-order chi connectivity index (χ0) is 25.2. The Kier molecular flexibility index (Phi) is 9.33. The SMILES string of the molecule is O=C1CN(Cc2ccccc2)Cc2ccc(C(=O)NCCN3CCCC3=O)cc2OCCCCCN1. The summed E-state index contributed by atoms with van der Waals surface area (Å²) in [4.78, 5) is 41.1. The van der Waals surface area contributed by atoms with Gasteiger partial charge in [0.1, 0.15) is 5.75 Å². The Labute approximate surface area is 213 Å². The summed E-state index contributed by atoms with van der Waals surface area (Å²) in [7, 11) is 0. The summed E-state index contributed by atoms with van der Waals surface area (Å²) in [5.41, 5.74) is 2.60. The van der Waals surface area contributed by atoms with Crippen LogP contribution in [0.15, 0.2) is 48.5 Å². The lowest BCUT2D eigenvalue weighted by molar-refractivity contribution is -0.127. The molecule has 192 valence electrons. The molecular formula is C28H36N4O4. The van der Waals surface area contributed by atoms with Gasteiger partial charge in [0, 0.05) is 56.8 Å². The van der Waals surface area contributed by atoms with Gasteiger partial charge in [0.15, 0.2) is 0 Å². The van der Waals surface area contributed by atoms with Gasteiger partial charge in [-0.2, -0.15) is 0 Å². The molecule has 1 fully saturated rings. The molecule has 0 saturated carbocycles. The summed E-state index contributed by atoms with van der Waals surface area (Å²) in [5.74, 6) is 0.661.